The number of aryl methyl sites for hydroxylation is 1. The van der Waals surface area contributed by atoms with E-state index in [2.05, 4.69) is 4.72 Å². The van der Waals surface area contributed by atoms with Crippen molar-refractivity contribution in [2.24, 2.45) is 0 Å². The van der Waals surface area contributed by atoms with Crippen LogP contribution in [-0.4, -0.2) is 20.9 Å². The van der Waals surface area contributed by atoms with Crippen LogP contribution in [-0.2, 0) is 16.4 Å². The number of anilines is 2. The summed E-state index contributed by atoms with van der Waals surface area (Å²) in [5.41, 5.74) is 2.54. The van der Waals surface area contributed by atoms with Crippen LogP contribution in [0.1, 0.15) is 22.3 Å². The number of carbonyl (C=O) groups is 1. The second-order valence-corrected chi connectivity index (χ2v) is 8.91. The quantitative estimate of drug-likeness (QED) is 0.655. The topological polar surface area (TPSA) is 66.5 Å². The minimum Gasteiger partial charge on any atom is -0.308 e. The van der Waals surface area contributed by atoms with Gasteiger partial charge in [-0.3, -0.25) is 9.52 Å². The number of nitrogens with zero attached hydrogens (tertiary/aromatic N) is 1. The molecule has 3 aromatic carbocycles. The van der Waals surface area contributed by atoms with Gasteiger partial charge in [0.05, 0.1) is 16.1 Å². The number of nitrogens with one attached hydrogen (secondary N) is 1. The predicted octanol–water partition coefficient (Wildman–Crippen LogP) is 4.73. The smallest absolute Gasteiger partial charge is 0.261 e. The van der Waals surface area contributed by atoms with Crippen molar-refractivity contribution in [1.29, 1.82) is 0 Å². The van der Waals surface area contributed by atoms with Crippen molar-refractivity contribution in [2.45, 2.75) is 17.7 Å². The molecule has 0 aliphatic carbocycles. The van der Waals surface area contributed by atoms with Crippen molar-refractivity contribution < 1.29 is 13.2 Å². The van der Waals surface area contributed by atoms with Crippen LogP contribution in [0.2, 0.25) is 5.02 Å². The molecule has 0 unspecified atom stereocenters. The largest absolute Gasteiger partial charge is 0.308 e. The zero-order chi connectivity index (χ0) is 20.4. The van der Waals surface area contributed by atoms with Crippen molar-refractivity contribution in [2.75, 3.05) is 16.2 Å². The maximum Gasteiger partial charge on any atom is 0.261 e. The molecule has 3 aromatic rings. The molecular formula is C22H19ClN2O3S. The van der Waals surface area contributed by atoms with Gasteiger partial charge in [-0.05, 0) is 60.9 Å². The first kappa shape index (κ1) is 19.5. The Balaban J connectivity index is 1.67. The molecule has 4 rings (SSSR count). The van der Waals surface area contributed by atoms with Crippen molar-refractivity contribution >= 4 is 38.9 Å². The first-order valence-corrected chi connectivity index (χ1v) is 11.1. The Hall–Kier alpha value is -2.83. The molecule has 5 nitrogen and oxygen atoms in total. The van der Waals surface area contributed by atoms with Crippen molar-refractivity contribution in [3.63, 3.8) is 0 Å². The number of rotatable bonds is 4. The summed E-state index contributed by atoms with van der Waals surface area (Å²) in [5.74, 6) is -0.230. The van der Waals surface area contributed by atoms with Gasteiger partial charge in [0.2, 0.25) is 0 Å². The van der Waals surface area contributed by atoms with Crippen LogP contribution in [0, 0.1) is 0 Å². The first-order valence-electron chi connectivity index (χ1n) is 9.23. The highest BCUT2D eigenvalue weighted by Gasteiger charge is 2.26. The van der Waals surface area contributed by atoms with Gasteiger partial charge in [0.1, 0.15) is 0 Å². The summed E-state index contributed by atoms with van der Waals surface area (Å²) in [6, 6.07) is 20.3. The SMILES string of the molecule is O=C(c1ccccc1NS(=O)(=O)c1ccc(Cl)cc1)N1CCCc2ccccc21. The second kappa shape index (κ2) is 7.89. The summed E-state index contributed by atoms with van der Waals surface area (Å²) < 4.78 is 28.1. The monoisotopic (exact) mass is 426 g/mol. The molecule has 1 N–H and O–H groups in total. The number of benzene rings is 3. The highest BCUT2D eigenvalue weighted by atomic mass is 35.5. The minimum atomic E-state index is -3.86. The molecule has 1 heterocycles. The van der Waals surface area contributed by atoms with Gasteiger partial charge >= 0.3 is 0 Å². The Kier molecular flexibility index (Phi) is 5.30. The van der Waals surface area contributed by atoms with E-state index in [-0.39, 0.29) is 16.5 Å². The maximum absolute atomic E-state index is 13.3. The Labute approximate surface area is 175 Å². The lowest BCUT2D eigenvalue weighted by Crippen LogP contribution is -2.36. The van der Waals surface area contributed by atoms with Crippen LogP contribution in [0.3, 0.4) is 0 Å². The van der Waals surface area contributed by atoms with E-state index in [4.69, 9.17) is 11.6 Å². The van der Waals surface area contributed by atoms with E-state index >= 15 is 0 Å². The molecule has 0 saturated heterocycles. The Bertz CT molecular complexity index is 1160. The number of sulfonamides is 1. The number of halogens is 1. The zero-order valence-corrected chi connectivity index (χ0v) is 17.1. The molecule has 7 heteroatoms. The molecule has 29 heavy (non-hydrogen) atoms. The summed E-state index contributed by atoms with van der Waals surface area (Å²) in [6.07, 6.45) is 1.78. The van der Waals surface area contributed by atoms with Crippen LogP contribution in [0.5, 0.6) is 0 Å². The summed E-state index contributed by atoms with van der Waals surface area (Å²) >= 11 is 5.85. The molecule has 1 aliphatic rings. The van der Waals surface area contributed by atoms with E-state index in [9.17, 15) is 13.2 Å². The van der Waals surface area contributed by atoms with Gasteiger partial charge in [0.25, 0.3) is 15.9 Å². The van der Waals surface area contributed by atoms with Crippen molar-refractivity contribution in [3.8, 4) is 0 Å². The second-order valence-electron chi connectivity index (χ2n) is 6.79. The lowest BCUT2D eigenvalue weighted by molar-refractivity contribution is 0.0986. The van der Waals surface area contributed by atoms with Gasteiger partial charge < -0.3 is 4.90 Å². The molecule has 0 spiro atoms. The summed E-state index contributed by atoms with van der Waals surface area (Å²) in [7, 11) is -3.86. The highest BCUT2D eigenvalue weighted by Crippen LogP contribution is 2.30. The van der Waals surface area contributed by atoms with E-state index < -0.39 is 10.0 Å². The van der Waals surface area contributed by atoms with Crippen LogP contribution in [0.4, 0.5) is 11.4 Å². The van der Waals surface area contributed by atoms with Crippen molar-refractivity contribution in [1.82, 2.24) is 0 Å². The van der Waals surface area contributed by atoms with E-state index in [1.54, 1.807) is 29.2 Å². The molecule has 0 bridgehead atoms. The van der Waals surface area contributed by atoms with Crippen LogP contribution >= 0.6 is 11.6 Å². The van der Waals surface area contributed by atoms with Gasteiger partial charge in [-0.2, -0.15) is 0 Å². The Morgan fingerprint density at radius 2 is 1.62 bits per heavy atom. The first-order chi connectivity index (χ1) is 14.0. The van der Waals surface area contributed by atoms with E-state index in [1.807, 2.05) is 24.3 Å². The molecule has 1 aliphatic heterocycles. The van der Waals surface area contributed by atoms with Crippen molar-refractivity contribution in [3.05, 3.63) is 88.9 Å². The lowest BCUT2D eigenvalue weighted by Gasteiger charge is -2.30. The highest BCUT2D eigenvalue weighted by molar-refractivity contribution is 7.92. The molecule has 0 fully saturated rings. The molecule has 0 atom stereocenters. The summed E-state index contributed by atoms with van der Waals surface area (Å²) in [4.78, 5) is 15.1. The van der Waals surface area contributed by atoms with Gasteiger partial charge in [-0.15, -0.1) is 0 Å². The standard InChI is InChI=1S/C22H19ClN2O3S/c23-17-11-13-18(14-12-17)29(27,28)24-20-9-3-2-8-19(20)22(26)25-15-5-7-16-6-1-4-10-21(16)25/h1-4,6,8-14,24H,5,7,15H2. The Morgan fingerprint density at radius 1 is 0.931 bits per heavy atom. The lowest BCUT2D eigenvalue weighted by atomic mass is 10.0. The fourth-order valence-corrected chi connectivity index (χ4v) is 4.67. The van der Waals surface area contributed by atoms with E-state index in [1.165, 1.54) is 24.3 Å². The number of hydrogen-bond acceptors (Lipinski definition) is 3. The zero-order valence-electron chi connectivity index (χ0n) is 15.5. The van der Waals surface area contributed by atoms with E-state index in [0.29, 0.717) is 17.1 Å². The average molecular weight is 427 g/mol. The number of amides is 1. The fraction of sp³-hybridized carbons (Fsp3) is 0.136. The number of carbonyl (C=O) groups excluding carboxylic acids is 1. The molecule has 0 radical (unpaired) electrons. The number of hydrogen-bond donors (Lipinski definition) is 1. The molecule has 0 saturated carbocycles. The van der Waals surface area contributed by atoms with Crippen LogP contribution in [0.25, 0.3) is 0 Å². The van der Waals surface area contributed by atoms with Gasteiger partial charge in [0, 0.05) is 17.3 Å². The molecule has 0 aromatic heterocycles. The van der Waals surface area contributed by atoms with E-state index in [0.717, 1.165) is 24.1 Å². The number of fused-ring (bicyclic) bond motifs is 1. The normalized spacial score (nSPS) is 13.6. The third kappa shape index (κ3) is 3.99. The number of para-hydroxylation sites is 2. The molecular weight excluding hydrogens is 408 g/mol. The third-order valence-electron chi connectivity index (χ3n) is 4.88. The average Bonchev–Trinajstić information content (AvgIpc) is 2.73. The summed E-state index contributed by atoms with van der Waals surface area (Å²) in [5, 5.41) is 0.447. The third-order valence-corrected chi connectivity index (χ3v) is 6.51. The fourth-order valence-electron chi connectivity index (χ4n) is 3.47. The summed E-state index contributed by atoms with van der Waals surface area (Å²) in [6.45, 7) is 0.591. The predicted molar refractivity (Wildman–Crippen MR) is 115 cm³/mol. The minimum absolute atomic E-state index is 0.0764. The maximum atomic E-state index is 13.3. The van der Waals surface area contributed by atoms with Gasteiger partial charge in [0.15, 0.2) is 0 Å². The molecule has 148 valence electrons. The van der Waals surface area contributed by atoms with Gasteiger partial charge in [-0.1, -0.05) is 41.9 Å². The van der Waals surface area contributed by atoms with Gasteiger partial charge in [-0.25, -0.2) is 8.42 Å². The molecule has 1 amide bonds. The van der Waals surface area contributed by atoms with Crippen LogP contribution < -0.4 is 9.62 Å². The Morgan fingerprint density at radius 3 is 2.41 bits per heavy atom. The van der Waals surface area contributed by atoms with Crippen LogP contribution in [0.15, 0.2) is 77.7 Å².